The Hall–Kier alpha value is -0.0313. The second-order valence-corrected chi connectivity index (χ2v) is 14.2. The van der Waals surface area contributed by atoms with Gasteiger partial charge in [-0.25, -0.2) is 0 Å². The number of nitrogens with zero attached hydrogens (tertiary/aromatic N) is 2. The molecule has 23 heavy (non-hydrogen) atoms. The van der Waals surface area contributed by atoms with E-state index in [1.807, 2.05) is 11.3 Å². The first-order chi connectivity index (χ1) is 11.1. The van der Waals surface area contributed by atoms with Crippen LogP contribution in [0.4, 0.5) is 0 Å². The number of aromatic nitrogens is 2. The first-order valence-corrected chi connectivity index (χ1v) is 13.0. The minimum atomic E-state index is -0.578. The van der Waals surface area contributed by atoms with Crippen LogP contribution in [0.25, 0.3) is 4.83 Å². The normalized spacial score (nSPS) is 12.3. The molecule has 0 fully saturated rings. The van der Waals surface area contributed by atoms with Gasteiger partial charge >= 0.3 is 157 Å². The van der Waals surface area contributed by atoms with Crippen molar-refractivity contribution in [1.82, 2.24) is 9.38 Å². The second kappa shape index (κ2) is 9.45. The van der Waals surface area contributed by atoms with Crippen molar-refractivity contribution in [2.75, 3.05) is 0 Å². The Kier molecular flexibility index (Phi) is 7.93. The van der Waals surface area contributed by atoms with Gasteiger partial charge in [0.2, 0.25) is 0 Å². The van der Waals surface area contributed by atoms with Crippen LogP contribution >= 0.6 is 11.3 Å². The van der Waals surface area contributed by atoms with E-state index in [1.165, 1.54) is 62.6 Å². The molecule has 4 heteroatoms. The van der Waals surface area contributed by atoms with Gasteiger partial charge in [-0.3, -0.25) is 0 Å². The fourth-order valence-electron chi connectivity index (χ4n) is 3.35. The van der Waals surface area contributed by atoms with Gasteiger partial charge in [0.1, 0.15) is 0 Å². The van der Waals surface area contributed by atoms with Gasteiger partial charge in [-0.2, -0.15) is 0 Å². The molecule has 0 aliphatic carbocycles. The van der Waals surface area contributed by atoms with E-state index >= 15 is 0 Å². The van der Waals surface area contributed by atoms with Gasteiger partial charge in [-0.15, -0.1) is 0 Å². The zero-order valence-electron chi connectivity index (χ0n) is 15.3. The summed E-state index contributed by atoms with van der Waals surface area (Å²) in [6.45, 7) is 9.16. The van der Waals surface area contributed by atoms with Gasteiger partial charge in [-0.1, -0.05) is 0 Å². The molecule has 2 rings (SSSR count). The van der Waals surface area contributed by atoms with Crippen LogP contribution in [-0.2, 0) is 0 Å². The molecule has 0 saturated heterocycles. The number of aryl methyl sites for hydroxylation is 1. The summed E-state index contributed by atoms with van der Waals surface area (Å²) >= 11 is 1.44. The van der Waals surface area contributed by atoms with Crippen molar-refractivity contribution in [2.24, 2.45) is 0 Å². The zero-order valence-corrected chi connectivity index (χ0v) is 19.0. The molecule has 0 aliphatic heterocycles. The van der Waals surface area contributed by atoms with E-state index in [4.69, 9.17) is 0 Å². The molecule has 0 spiro atoms. The molecule has 2 aromatic rings. The number of hydrogen-bond donors (Lipinski definition) is 0. The number of fused-ring (bicyclic) bond motifs is 1. The van der Waals surface area contributed by atoms with Crippen molar-refractivity contribution in [3.63, 3.8) is 0 Å². The minimum absolute atomic E-state index is 0.578. The van der Waals surface area contributed by atoms with E-state index in [-0.39, 0.29) is 0 Å². The first kappa shape index (κ1) is 19.3. The predicted molar refractivity (Wildman–Crippen MR) is 104 cm³/mol. The maximum absolute atomic E-state index is 4.43. The van der Waals surface area contributed by atoms with Gasteiger partial charge < -0.3 is 0 Å². The van der Waals surface area contributed by atoms with Crippen molar-refractivity contribution in [3.05, 3.63) is 18.2 Å². The molecule has 0 aliphatic rings. The summed E-state index contributed by atoms with van der Waals surface area (Å²) in [4.78, 5) is 5.78. The molecular weight excluding hydrogens is 407 g/mol. The Morgan fingerprint density at radius 1 is 1.04 bits per heavy atom. The summed E-state index contributed by atoms with van der Waals surface area (Å²) in [5.41, 5.74) is 0. The summed E-state index contributed by atoms with van der Waals surface area (Å²) in [6, 6.07) is 0. The average Bonchev–Trinajstić information content (AvgIpc) is 3.10. The number of imidazole rings is 1. The fourth-order valence-corrected chi connectivity index (χ4v) is 11.6. The Balaban J connectivity index is 2.21. The van der Waals surface area contributed by atoms with Crippen LogP contribution < -0.4 is 2.89 Å². The zero-order chi connectivity index (χ0) is 16.7. The fraction of sp³-hybridized carbons (Fsp3) is 0.737. The third kappa shape index (κ3) is 5.22. The van der Waals surface area contributed by atoms with E-state index in [0.717, 1.165) is 5.82 Å². The Bertz CT molecular complexity index is 565. The standard InChI is InChI=1S/C13H27.C6H5N2S.Sn/c1-4-7-10-13(11-8-5-2)12-9-6-3;1-5-7-4-6-8(5)2-3-9-6;/h4-12H2,1-3H3;2,4H,1H3;. The van der Waals surface area contributed by atoms with Gasteiger partial charge in [0.15, 0.2) is 0 Å². The van der Waals surface area contributed by atoms with Crippen molar-refractivity contribution in [2.45, 2.75) is 88.9 Å². The molecule has 0 bridgehead atoms. The monoisotopic (exact) mass is 440 g/mol. The van der Waals surface area contributed by atoms with Crippen LogP contribution in [0.2, 0.25) is 3.43 Å². The number of unbranched alkanes of at least 4 members (excludes halogenated alkanes) is 3. The molecule has 0 aromatic carbocycles. The van der Waals surface area contributed by atoms with Crippen molar-refractivity contribution < 1.29 is 0 Å². The first-order valence-electron chi connectivity index (χ1n) is 9.35. The molecule has 0 atom stereocenters. The summed E-state index contributed by atoms with van der Waals surface area (Å²) < 4.78 is 4.72. The summed E-state index contributed by atoms with van der Waals surface area (Å²) in [7, 11) is 0. The van der Waals surface area contributed by atoms with Crippen molar-refractivity contribution in [3.8, 4) is 0 Å². The van der Waals surface area contributed by atoms with E-state index < -0.39 is 21.1 Å². The molecule has 0 unspecified atom stereocenters. The van der Waals surface area contributed by atoms with E-state index in [1.54, 1.807) is 2.89 Å². The molecule has 2 radical (unpaired) electrons. The molecular formula is C19H32N2SSn. The Morgan fingerprint density at radius 2 is 1.61 bits per heavy atom. The van der Waals surface area contributed by atoms with E-state index in [2.05, 4.69) is 49.5 Å². The van der Waals surface area contributed by atoms with E-state index in [9.17, 15) is 0 Å². The van der Waals surface area contributed by atoms with Gasteiger partial charge in [0.05, 0.1) is 0 Å². The van der Waals surface area contributed by atoms with Gasteiger partial charge in [0, 0.05) is 0 Å². The Labute approximate surface area is 156 Å². The average molecular weight is 439 g/mol. The number of thiazole rings is 1. The maximum atomic E-state index is 4.43. The van der Waals surface area contributed by atoms with Crippen molar-refractivity contribution in [1.29, 1.82) is 0 Å². The quantitative estimate of drug-likeness (QED) is 0.407. The summed E-state index contributed by atoms with van der Waals surface area (Å²) in [5.74, 6) is 1.14. The molecule has 0 N–H and O–H groups in total. The third-order valence-corrected chi connectivity index (χ3v) is 11.9. The topological polar surface area (TPSA) is 17.3 Å². The van der Waals surface area contributed by atoms with Crippen LogP contribution in [0.3, 0.4) is 0 Å². The molecule has 0 amide bonds. The third-order valence-electron chi connectivity index (χ3n) is 4.82. The van der Waals surface area contributed by atoms with Crippen LogP contribution in [0, 0.1) is 6.92 Å². The second-order valence-electron chi connectivity index (χ2n) is 6.83. The molecule has 2 nitrogen and oxygen atoms in total. The summed E-state index contributed by atoms with van der Waals surface area (Å²) in [6.07, 6.45) is 17.2. The van der Waals surface area contributed by atoms with Crippen LogP contribution in [-0.4, -0.2) is 30.5 Å². The van der Waals surface area contributed by atoms with Gasteiger partial charge in [0.25, 0.3) is 0 Å². The van der Waals surface area contributed by atoms with Crippen molar-refractivity contribution >= 4 is 40.2 Å². The van der Waals surface area contributed by atoms with Crippen LogP contribution in [0.15, 0.2) is 12.4 Å². The van der Waals surface area contributed by atoms with Crippen LogP contribution in [0.5, 0.6) is 0 Å². The predicted octanol–water partition coefficient (Wildman–Crippen LogP) is 5.76. The number of rotatable bonds is 11. The molecule has 2 heterocycles. The molecule has 0 saturated carbocycles. The molecule has 2 aromatic heterocycles. The van der Waals surface area contributed by atoms with Gasteiger partial charge in [-0.05, 0) is 0 Å². The molecule has 128 valence electrons. The summed E-state index contributed by atoms with van der Waals surface area (Å²) in [5, 5.41) is 0. The number of hydrogen-bond acceptors (Lipinski definition) is 2. The SMILES string of the molecule is CCCC[C](CCCC)(CCCC)[Sn][c]1cn2c(C)ncc2s1. The van der Waals surface area contributed by atoms with E-state index in [0.29, 0.717) is 3.43 Å². The Morgan fingerprint density at radius 3 is 2.09 bits per heavy atom. The van der Waals surface area contributed by atoms with Crippen LogP contribution in [0.1, 0.15) is 84.4 Å².